The molecule has 18 heavy (non-hydrogen) atoms. The van der Waals surface area contributed by atoms with Crippen LogP contribution in [0.1, 0.15) is 49.5 Å². The molecule has 0 spiro atoms. The van der Waals surface area contributed by atoms with Crippen LogP contribution in [0.4, 0.5) is 5.82 Å². The molecule has 2 rings (SSSR count). The second kappa shape index (κ2) is 5.80. The van der Waals surface area contributed by atoms with Gasteiger partial charge in [-0.05, 0) is 25.7 Å². The lowest BCUT2D eigenvalue weighted by Crippen LogP contribution is -2.39. The number of rotatable bonds is 3. The molecule has 5 nitrogen and oxygen atoms in total. The first-order chi connectivity index (χ1) is 8.66. The van der Waals surface area contributed by atoms with Gasteiger partial charge in [-0.25, -0.2) is 9.97 Å². The second-order valence-electron chi connectivity index (χ2n) is 4.99. The maximum absolute atomic E-state index is 12.0. The molecule has 0 aliphatic heterocycles. The van der Waals surface area contributed by atoms with E-state index in [1.54, 1.807) is 0 Å². The standard InChI is InChI=1S/C13H20N4O/c1-9(10-5-3-2-4-6-10)17-13(18)11-7-16-12(14)8-15-11/h7-10H,2-6H2,1H3,(H2,14,16)(H,17,18). The highest BCUT2D eigenvalue weighted by Crippen LogP contribution is 2.26. The lowest BCUT2D eigenvalue weighted by atomic mass is 9.84. The number of hydrogen-bond donors (Lipinski definition) is 2. The van der Waals surface area contributed by atoms with Crippen LogP contribution in [-0.2, 0) is 0 Å². The highest BCUT2D eigenvalue weighted by Gasteiger charge is 2.22. The fraction of sp³-hybridized carbons (Fsp3) is 0.615. The van der Waals surface area contributed by atoms with Crippen molar-refractivity contribution in [1.29, 1.82) is 0 Å². The Balaban J connectivity index is 1.91. The largest absolute Gasteiger partial charge is 0.382 e. The maximum Gasteiger partial charge on any atom is 0.271 e. The Bertz CT molecular complexity index is 398. The Morgan fingerprint density at radius 3 is 2.67 bits per heavy atom. The summed E-state index contributed by atoms with van der Waals surface area (Å²) in [5.41, 5.74) is 5.77. The van der Waals surface area contributed by atoms with E-state index in [0.717, 1.165) is 0 Å². The van der Waals surface area contributed by atoms with Crippen LogP contribution >= 0.6 is 0 Å². The van der Waals surface area contributed by atoms with Crippen molar-refractivity contribution in [2.45, 2.75) is 45.1 Å². The summed E-state index contributed by atoms with van der Waals surface area (Å²) in [6.45, 7) is 2.07. The average Bonchev–Trinajstić information content (AvgIpc) is 2.40. The summed E-state index contributed by atoms with van der Waals surface area (Å²) in [4.78, 5) is 19.8. The third-order valence-electron chi connectivity index (χ3n) is 3.62. The average molecular weight is 248 g/mol. The Hall–Kier alpha value is -1.65. The van der Waals surface area contributed by atoms with E-state index < -0.39 is 0 Å². The number of amides is 1. The van der Waals surface area contributed by atoms with Crippen LogP contribution in [0, 0.1) is 5.92 Å². The van der Waals surface area contributed by atoms with Gasteiger partial charge in [0.25, 0.3) is 5.91 Å². The summed E-state index contributed by atoms with van der Waals surface area (Å²) in [6.07, 6.45) is 9.09. The molecule has 1 atom stereocenters. The smallest absolute Gasteiger partial charge is 0.271 e. The monoisotopic (exact) mass is 248 g/mol. The van der Waals surface area contributed by atoms with E-state index in [2.05, 4.69) is 22.2 Å². The molecule has 0 aromatic carbocycles. The van der Waals surface area contributed by atoms with Gasteiger partial charge in [0.2, 0.25) is 0 Å². The van der Waals surface area contributed by atoms with Crippen LogP contribution in [-0.4, -0.2) is 21.9 Å². The van der Waals surface area contributed by atoms with Crippen LogP contribution in [0.2, 0.25) is 0 Å². The number of aromatic nitrogens is 2. The van der Waals surface area contributed by atoms with Crippen molar-refractivity contribution >= 4 is 11.7 Å². The summed E-state index contributed by atoms with van der Waals surface area (Å²) in [7, 11) is 0. The fourth-order valence-electron chi connectivity index (χ4n) is 2.49. The number of nitrogens with two attached hydrogens (primary N) is 1. The van der Waals surface area contributed by atoms with Gasteiger partial charge in [0.15, 0.2) is 0 Å². The van der Waals surface area contributed by atoms with E-state index in [9.17, 15) is 4.79 Å². The number of anilines is 1. The molecule has 1 aromatic rings. The third kappa shape index (κ3) is 3.18. The molecule has 1 amide bonds. The molecule has 1 unspecified atom stereocenters. The highest BCUT2D eigenvalue weighted by atomic mass is 16.1. The quantitative estimate of drug-likeness (QED) is 0.854. The normalized spacial score (nSPS) is 18.3. The van der Waals surface area contributed by atoms with Crippen LogP contribution in [0.15, 0.2) is 12.4 Å². The number of carbonyl (C=O) groups is 1. The first kappa shape index (κ1) is 12.8. The summed E-state index contributed by atoms with van der Waals surface area (Å²) in [5.74, 6) is 0.747. The van der Waals surface area contributed by atoms with Crippen LogP contribution in [0.3, 0.4) is 0 Å². The number of nitrogens with zero attached hydrogens (tertiary/aromatic N) is 2. The molecule has 1 aliphatic carbocycles. The first-order valence-corrected chi connectivity index (χ1v) is 6.55. The molecule has 3 N–H and O–H groups in total. The van der Waals surface area contributed by atoms with E-state index in [-0.39, 0.29) is 11.9 Å². The van der Waals surface area contributed by atoms with Gasteiger partial charge in [-0.3, -0.25) is 4.79 Å². The molecule has 0 bridgehead atoms. The fourth-order valence-corrected chi connectivity index (χ4v) is 2.49. The van der Waals surface area contributed by atoms with Crippen LogP contribution < -0.4 is 11.1 Å². The van der Waals surface area contributed by atoms with E-state index in [1.165, 1.54) is 44.5 Å². The van der Waals surface area contributed by atoms with Gasteiger partial charge in [0, 0.05) is 6.04 Å². The van der Waals surface area contributed by atoms with Gasteiger partial charge in [0.05, 0.1) is 12.4 Å². The molecule has 0 saturated heterocycles. The van der Waals surface area contributed by atoms with E-state index in [1.807, 2.05) is 0 Å². The predicted molar refractivity (Wildman–Crippen MR) is 69.9 cm³/mol. The number of nitrogen functional groups attached to an aromatic ring is 1. The van der Waals surface area contributed by atoms with Gasteiger partial charge < -0.3 is 11.1 Å². The Kier molecular flexibility index (Phi) is 4.12. The molecular weight excluding hydrogens is 228 g/mol. The number of carbonyl (C=O) groups excluding carboxylic acids is 1. The van der Waals surface area contributed by atoms with E-state index in [0.29, 0.717) is 17.4 Å². The van der Waals surface area contributed by atoms with Crippen molar-refractivity contribution in [3.8, 4) is 0 Å². The minimum absolute atomic E-state index is 0.166. The predicted octanol–water partition coefficient (Wildman–Crippen LogP) is 1.76. The Morgan fingerprint density at radius 2 is 2.06 bits per heavy atom. The van der Waals surface area contributed by atoms with Crippen molar-refractivity contribution in [2.24, 2.45) is 5.92 Å². The van der Waals surface area contributed by atoms with E-state index in [4.69, 9.17) is 5.73 Å². The lowest BCUT2D eigenvalue weighted by Gasteiger charge is -2.28. The zero-order valence-corrected chi connectivity index (χ0v) is 10.7. The summed E-state index contributed by atoms with van der Waals surface area (Å²) in [6, 6.07) is 0.192. The topological polar surface area (TPSA) is 80.9 Å². The molecule has 0 radical (unpaired) electrons. The molecule has 1 aromatic heterocycles. The molecule has 1 fully saturated rings. The van der Waals surface area contributed by atoms with Gasteiger partial charge in [-0.2, -0.15) is 0 Å². The van der Waals surface area contributed by atoms with Crippen molar-refractivity contribution < 1.29 is 4.79 Å². The van der Waals surface area contributed by atoms with E-state index >= 15 is 0 Å². The minimum Gasteiger partial charge on any atom is -0.382 e. The lowest BCUT2D eigenvalue weighted by molar-refractivity contribution is 0.0914. The maximum atomic E-state index is 12.0. The van der Waals surface area contributed by atoms with Crippen molar-refractivity contribution in [3.63, 3.8) is 0 Å². The van der Waals surface area contributed by atoms with Crippen molar-refractivity contribution in [2.75, 3.05) is 5.73 Å². The molecule has 1 heterocycles. The van der Waals surface area contributed by atoms with Gasteiger partial charge in [-0.15, -0.1) is 0 Å². The van der Waals surface area contributed by atoms with Gasteiger partial charge >= 0.3 is 0 Å². The molecular formula is C13H20N4O. The molecule has 5 heteroatoms. The Labute approximate surface area is 107 Å². The van der Waals surface area contributed by atoms with Crippen molar-refractivity contribution in [3.05, 3.63) is 18.1 Å². The summed E-state index contributed by atoms with van der Waals surface area (Å²) in [5, 5.41) is 3.00. The number of hydrogen-bond acceptors (Lipinski definition) is 4. The highest BCUT2D eigenvalue weighted by molar-refractivity contribution is 5.92. The zero-order valence-electron chi connectivity index (χ0n) is 10.7. The third-order valence-corrected chi connectivity index (χ3v) is 3.62. The van der Waals surface area contributed by atoms with Gasteiger partial charge in [-0.1, -0.05) is 19.3 Å². The molecule has 1 saturated carbocycles. The van der Waals surface area contributed by atoms with Crippen LogP contribution in [0.5, 0.6) is 0 Å². The zero-order chi connectivity index (χ0) is 13.0. The minimum atomic E-state index is -0.166. The first-order valence-electron chi connectivity index (χ1n) is 6.55. The number of nitrogens with one attached hydrogen (secondary N) is 1. The molecule has 1 aliphatic rings. The Morgan fingerprint density at radius 1 is 1.33 bits per heavy atom. The second-order valence-corrected chi connectivity index (χ2v) is 4.99. The van der Waals surface area contributed by atoms with Gasteiger partial charge in [0.1, 0.15) is 11.5 Å². The SMILES string of the molecule is CC(NC(=O)c1cnc(N)cn1)C1CCCCC1. The summed E-state index contributed by atoms with van der Waals surface area (Å²) >= 11 is 0. The molecule has 98 valence electrons. The van der Waals surface area contributed by atoms with Crippen molar-refractivity contribution in [1.82, 2.24) is 15.3 Å². The summed E-state index contributed by atoms with van der Waals surface area (Å²) < 4.78 is 0. The van der Waals surface area contributed by atoms with Crippen LogP contribution in [0.25, 0.3) is 0 Å².